The van der Waals surface area contributed by atoms with Crippen molar-refractivity contribution in [2.24, 2.45) is 11.3 Å². The molecule has 2 N–H and O–H groups in total. The van der Waals surface area contributed by atoms with Crippen molar-refractivity contribution in [3.63, 3.8) is 0 Å². The lowest BCUT2D eigenvalue weighted by molar-refractivity contribution is 0.273. The Morgan fingerprint density at radius 1 is 1.45 bits per heavy atom. The zero-order chi connectivity index (χ0) is 15.0. The Bertz CT molecular complexity index is 595. The van der Waals surface area contributed by atoms with Crippen LogP contribution in [0.3, 0.4) is 0 Å². The normalized spacial score (nSPS) is 20.7. The van der Waals surface area contributed by atoms with Crippen LogP contribution in [0.4, 0.5) is 0 Å². The minimum absolute atomic E-state index is 0.154. The van der Waals surface area contributed by atoms with E-state index in [0.29, 0.717) is 23.8 Å². The SMILES string of the molecule is COc1ccc(S(=O)(=O)NCC2CC2(C)C)cc1CO. The van der Waals surface area contributed by atoms with Crippen LogP contribution in [-0.4, -0.2) is 27.2 Å². The summed E-state index contributed by atoms with van der Waals surface area (Å²) < 4.78 is 32.1. The van der Waals surface area contributed by atoms with E-state index in [-0.39, 0.29) is 16.9 Å². The van der Waals surface area contributed by atoms with E-state index in [9.17, 15) is 13.5 Å². The second-order valence-corrected chi connectivity index (χ2v) is 7.64. The maximum Gasteiger partial charge on any atom is 0.240 e. The average molecular weight is 299 g/mol. The Hall–Kier alpha value is -1.11. The number of ether oxygens (including phenoxy) is 1. The van der Waals surface area contributed by atoms with Crippen molar-refractivity contribution in [1.29, 1.82) is 0 Å². The van der Waals surface area contributed by atoms with E-state index in [1.54, 1.807) is 6.07 Å². The second kappa shape index (κ2) is 5.35. The van der Waals surface area contributed by atoms with Crippen LogP contribution in [0, 0.1) is 11.3 Å². The van der Waals surface area contributed by atoms with E-state index in [1.165, 1.54) is 19.2 Å². The van der Waals surface area contributed by atoms with Gasteiger partial charge in [-0.25, -0.2) is 13.1 Å². The minimum atomic E-state index is -3.54. The Balaban J connectivity index is 2.13. The molecule has 0 amide bonds. The van der Waals surface area contributed by atoms with Crippen molar-refractivity contribution in [1.82, 2.24) is 4.72 Å². The van der Waals surface area contributed by atoms with Crippen molar-refractivity contribution in [2.45, 2.75) is 31.8 Å². The van der Waals surface area contributed by atoms with Gasteiger partial charge in [-0.2, -0.15) is 0 Å². The van der Waals surface area contributed by atoms with Crippen LogP contribution < -0.4 is 9.46 Å². The van der Waals surface area contributed by atoms with Crippen LogP contribution >= 0.6 is 0 Å². The number of benzene rings is 1. The van der Waals surface area contributed by atoms with E-state index in [1.807, 2.05) is 0 Å². The molecule has 1 aliphatic carbocycles. The number of nitrogens with one attached hydrogen (secondary N) is 1. The van der Waals surface area contributed by atoms with Gasteiger partial charge in [0.25, 0.3) is 0 Å². The number of rotatable bonds is 6. The van der Waals surface area contributed by atoms with Gasteiger partial charge in [0.1, 0.15) is 5.75 Å². The van der Waals surface area contributed by atoms with Gasteiger partial charge in [0.2, 0.25) is 10.0 Å². The first-order chi connectivity index (χ1) is 9.30. The lowest BCUT2D eigenvalue weighted by atomic mass is 10.1. The number of hydrogen-bond donors (Lipinski definition) is 2. The molecule has 0 spiro atoms. The maximum atomic E-state index is 12.2. The quantitative estimate of drug-likeness (QED) is 0.835. The van der Waals surface area contributed by atoms with E-state index < -0.39 is 10.0 Å². The van der Waals surface area contributed by atoms with E-state index in [4.69, 9.17) is 4.74 Å². The summed E-state index contributed by atoms with van der Waals surface area (Å²) in [6.45, 7) is 4.45. The van der Waals surface area contributed by atoms with Crippen LogP contribution in [0.2, 0.25) is 0 Å². The predicted molar refractivity (Wildman–Crippen MR) is 76.0 cm³/mol. The fourth-order valence-electron chi connectivity index (χ4n) is 2.26. The second-order valence-electron chi connectivity index (χ2n) is 5.87. The van der Waals surface area contributed by atoms with Gasteiger partial charge in [0.05, 0.1) is 18.6 Å². The molecule has 0 saturated heterocycles. The van der Waals surface area contributed by atoms with E-state index in [0.717, 1.165) is 6.42 Å². The molecule has 5 nitrogen and oxygen atoms in total. The largest absolute Gasteiger partial charge is 0.496 e. The molecular formula is C14H21NO4S. The Morgan fingerprint density at radius 3 is 2.60 bits per heavy atom. The molecule has 0 heterocycles. The van der Waals surface area contributed by atoms with Crippen LogP contribution in [0.1, 0.15) is 25.8 Å². The van der Waals surface area contributed by atoms with Crippen molar-refractivity contribution in [3.8, 4) is 5.75 Å². The van der Waals surface area contributed by atoms with Crippen LogP contribution in [0.25, 0.3) is 0 Å². The smallest absolute Gasteiger partial charge is 0.240 e. The first kappa shape index (κ1) is 15.3. The molecule has 1 saturated carbocycles. The third-order valence-corrected chi connectivity index (χ3v) is 5.39. The molecule has 1 atom stereocenters. The third kappa shape index (κ3) is 3.13. The number of aliphatic hydroxyl groups excluding tert-OH is 1. The highest BCUT2D eigenvalue weighted by Crippen LogP contribution is 2.51. The number of hydrogen-bond acceptors (Lipinski definition) is 4. The summed E-state index contributed by atoms with van der Waals surface area (Å²) >= 11 is 0. The third-order valence-electron chi connectivity index (χ3n) is 3.97. The maximum absolute atomic E-state index is 12.2. The number of sulfonamides is 1. The summed E-state index contributed by atoms with van der Waals surface area (Å²) in [6.07, 6.45) is 1.04. The number of methoxy groups -OCH3 is 1. The van der Waals surface area contributed by atoms with E-state index >= 15 is 0 Å². The molecule has 1 unspecified atom stereocenters. The predicted octanol–water partition coefficient (Wildman–Crippen LogP) is 1.51. The van der Waals surface area contributed by atoms with Gasteiger partial charge in [-0.15, -0.1) is 0 Å². The minimum Gasteiger partial charge on any atom is -0.496 e. The molecule has 0 aromatic heterocycles. The zero-order valence-corrected chi connectivity index (χ0v) is 12.8. The Kier molecular flexibility index (Phi) is 4.09. The van der Waals surface area contributed by atoms with Crippen molar-refractivity contribution in [3.05, 3.63) is 23.8 Å². The van der Waals surface area contributed by atoms with Gasteiger partial charge in [-0.3, -0.25) is 0 Å². The lowest BCUT2D eigenvalue weighted by Crippen LogP contribution is -2.27. The summed E-state index contributed by atoms with van der Waals surface area (Å²) in [5.41, 5.74) is 0.695. The van der Waals surface area contributed by atoms with Gasteiger partial charge in [-0.1, -0.05) is 13.8 Å². The lowest BCUT2D eigenvalue weighted by Gasteiger charge is -2.11. The molecule has 1 aromatic carbocycles. The van der Waals surface area contributed by atoms with Gasteiger partial charge in [-0.05, 0) is 36.0 Å². The van der Waals surface area contributed by atoms with Gasteiger partial charge in [0, 0.05) is 12.1 Å². The van der Waals surface area contributed by atoms with Gasteiger partial charge >= 0.3 is 0 Å². The Labute approximate surface area is 120 Å². The summed E-state index contributed by atoms with van der Waals surface area (Å²) in [4.78, 5) is 0.154. The molecule has 0 radical (unpaired) electrons. The van der Waals surface area contributed by atoms with Crippen molar-refractivity contribution in [2.75, 3.05) is 13.7 Å². The number of aliphatic hydroxyl groups is 1. The molecule has 2 rings (SSSR count). The molecule has 6 heteroatoms. The van der Waals surface area contributed by atoms with Crippen LogP contribution in [0.5, 0.6) is 5.75 Å². The van der Waals surface area contributed by atoms with Crippen molar-refractivity contribution >= 4 is 10.0 Å². The molecule has 112 valence electrons. The molecular weight excluding hydrogens is 278 g/mol. The highest BCUT2D eigenvalue weighted by molar-refractivity contribution is 7.89. The first-order valence-electron chi connectivity index (χ1n) is 6.57. The average Bonchev–Trinajstić information content (AvgIpc) is 3.03. The summed E-state index contributed by atoms with van der Waals surface area (Å²) in [7, 11) is -2.06. The molecule has 1 aliphatic rings. The van der Waals surface area contributed by atoms with Gasteiger partial charge < -0.3 is 9.84 Å². The molecule has 20 heavy (non-hydrogen) atoms. The van der Waals surface area contributed by atoms with Gasteiger partial charge in [0.15, 0.2) is 0 Å². The van der Waals surface area contributed by atoms with E-state index in [2.05, 4.69) is 18.6 Å². The molecule has 0 aliphatic heterocycles. The summed E-state index contributed by atoms with van der Waals surface area (Å²) in [5, 5.41) is 9.24. The molecule has 1 aromatic rings. The summed E-state index contributed by atoms with van der Waals surface area (Å²) in [5.74, 6) is 0.877. The topological polar surface area (TPSA) is 75.6 Å². The molecule has 1 fully saturated rings. The highest BCUT2D eigenvalue weighted by atomic mass is 32.2. The standard InChI is InChI=1S/C14H21NO4S/c1-14(2)7-11(14)8-15-20(17,18)12-4-5-13(19-3)10(6-12)9-16/h4-6,11,15-16H,7-9H2,1-3H3. The highest BCUT2D eigenvalue weighted by Gasteiger charge is 2.45. The first-order valence-corrected chi connectivity index (χ1v) is 8.06. The fourth-order valence-corrected chi connectivity index (χ4v) is 3.40. The zero-order valence-electron chi connectivity index (χ0n) is 12.0. The van der Waals surface area contributed by atoms with Crippen LogP contribution in [-0.2, 0) is 16.6 Å². The molecule has 0 bridgehead atoms. The van der Waals surface area contributed by atoms with Crippen molar-refractivity contribution < 1.29 is 18.3 Å². The Morgan fingerprint density at radius 2 is 2.10 bits per heavy atom. The summed E-state index contributed by atoms with van der Waals surface area (Å²) in [6, 6.07) is 4.48. The van der Waals surface area contributed by atoms with Crippen LogP contribution in [0.15, 0.2) is 23.1 Å². The fraction of sp³-hybridized carbons (Fsp3) is 0.571. The monoisotopic (exact) mass is 299 g/mol.